The van der Waals surface area contributed by atoms with Gasteiger partial charge in [0.25, 0.3) is 0 Å². The molecule has 148 valence electrons. The third-order valence-electron chi connectivity index (χ3n) is 4.97. The molecule has 0 N–H and O–H groups in total. The molecule has 1 unspecified atom stereocenters. The van der Waals surface area contributed by atoms with Gasteiger partial charge < -0.3 is 9.64 Å². The van der Waals surface area contributed by atoms with Crippen molar-refractivity contribution in [3.8, 4) is 5.75 Å². The number of hydrogen-bond acceptors (Lipinski definition) is 6. The Morgan fingerprint density at radius 3 is 2.59 bits per heavy atom. The lowest BCUT2D eigenvalue weighted by molar-refractivity contribution is 0.212. The highest BCUT2D eigenvalue weighted by Crippen LogP contribution is 2.41. The van der Waals surface area contributed by atoms with Crippen molar-refractivity contribution in [1.29, 1.82) is 0 Å². The molecule has 0 amide bonds. The molecule has 6 heteroatoms. The van der Waals surface area contributed by atoms with Crippen LogP contribution in [-0.4, -0.2) is 35.6 Å². The number of ether oxygens (including phenoxy) is 1. The molecule has 0 saturated carbocycles. The Labute approximate surface area is 176 Å². The van der Waals surface area contributed by atoms with Crippen LogP contribution in [0.5, 0.6) is 5.75 Å². The van der Waals surface area contributed by atoms with Crippen LogP contribution in [0.1, 0.15) is 17.3 Å². The number of rotatable bonds is 6. The minimum Gasteiger partial charge on any atom is -0.497 e. The van der Waals surface area contributed by atoms with Crippen LogP contribution in [0, 0.1) is 0 Å². The third kappa shape index (κ3) is 3.99. The monoisotopic (exact) mass is 404 g/mol. The fourth-order valence-electron chi connectivity index (χ4n) is 3.69. The molecule has 0 radical (unpaired) electrons. The van der Waals surface area contributed by atoms with Crippen LogP contribution >= 0.6 is 11.8 Å². The van der Waals surface area contributed by atoms with Gasteiger partial charge in [-0.15, -0.1) is 6.58 Å². The molecule has 1 aliphatic rings. The quantitative estimate of drug-likeness (QED) is 0.435. The predicted molar refractivity (Wildman–Crippen MR) is 117 cm³/mol. The molecule has 29 heavy (non-hydrogen) atoms. The highest BCUT2D eigenvalue weighted by molar-refractivity contribution is 7.99. The first kappa shape index (κ1) is 19.5. The summed E-state index contributed by atoms with van der Waals surface area (Å²) < 4.78 is 5.32. The second-order valence-electron chi connectivity index (χ2n) is 6.90. The molecular formula is C23H24N4OS. The Morgan fingerprint density at radius 2 is 1.90 bits per heavy atom. The summed E-state index contributed by atoms with van der Waals surface area (Å²) in [5.74, 6) is 1.82. The van der Waals surface area contributed by atoms with E-state index < -0.39 is 0 Å². The van der Waals surface area contributed by atoms with E-state index in [0.717, 1.165) is 28.7 Å². The van der Waals surface area contributed by atoms with Crippen molar-refractivity contribution in [2.45, 2.75) is 22.6 Å². The molecule has 0 saturated heterocycles. The molecule has 5 nitrogen and oxygen atoms in total. The van der Waals surface area contributed by atoms with E-state index in [0.29, 0.717) is 6.54 Å². The highest BCUT2D eigenvalue weighted by Gasteiger charge is 2.33. The molecule has 1 aliphatic heterocycles. The number of nitrogens with zero attached hydrogens (tertiary/aromatic N) is 4. The van der Waals surface area contributed by atoms with E-state index in [1.54, 1.807) is 25.2 Å². The third-order valence-corrected chi connectivity index (χ3v) is 6.03. The van der Waals surface area contributed by atoms with Gasteiger partial charge in [-0.25, -0.2) is 9.97 Å². The number of aromatic nitrogens is 2. The number of hydrogen-bond donors (Lipinski definition) is 0. The molecule has 0 spiro atoms. The average molecular weight is 405 g/mol. The van der Waals surface area contributed by atoms with E-state index in [1.165, 1.54) is 10.5 Å². The molecule has 0 fully saturated rings. The van der Waals surface area contributed by atoms with Crippen LogP contribution in [0.4, 0.5) is 5.82 Å². The van der Waals surface area contributed by atoms with Crippen LogP contribution in [0.15, 0.2) is 83.5 Å². The summed E-state index contributed by atoms with van der Waals surface area (Å²) in [5.41, 5.74) is 2.34. The van der Waals surface area contributed by atoms with Crippen molar-refractivity contribution in [3.63, 3.8) is 0 Å². The average Bonchev–Trinajstić information content (AvgIpc) is 2.75. The van der Waals surface area contributed by atoms with Gasteiger partial charge in [0, 0.05) is 23.5 Å². The maximum Gasteiger partial charge on any atom is 0.139 e. The first-order chi connectivity index (χ1) is 14.2. The van der Waals surface area contributed by atoms with Crippen molar-refractivity contribution >= 4 is 17.6 Å². The van der Waals surface area contributed by atoms with E-state index in [-0.39, 0.29) is 6.17 Å². The molecule has 0 aliphatic carbocycles. The lowest BCUT2D eigenvalue weighted by Crippen LogP contribution is -2.44. The van der Waals surface area contributed by atoms with Gasteiger partial charge in [-0.05, 0) is 36.9 Å². The first-order valence-electron chi connectivity index (χ1n) is 9.49. The Morgan fingerprint density at radius 1 is 1.14 bits per heavy atom. The largest absolute Gasteiger partial charge is 0.497 e. The second-order valence-corrected chi connectivity index (χ2v) is 7.96. The molecule has 2 heterocycles. The lowest BCUT2D eigenvalue weighted by Gasteiger charge is -2.43. The summed E-state index contributed by atoms with van der Waals surface area (Å²) in [6.45, 7) is 5.44. The number of benzene rings is 2. The van der Waals surface area contributed by atoms with Crippen molar-refractivity contribution < 1.29 is 4.74 Å². The Kier molecular flexibility index (Phi) is 5.83. The summed E-state index contributed by atoms with van der Waals surface area (Å²) in [6.07, 6.45) is 3.65. The molecule has 1 aromatic heterocycles. The Balaban J connectivity index is 1.73. The second kappa shape index (κ2) is 8.68. The fourth-order valence-corrected chi connectivity index (χ4v) is 4.58. The smallest absolute Gasteiger partial charge is 0.139 e. The van der Waals surface area contributed by atoms with Gasteiger partial charge in [-0.3, -0.25) is 4.90 Å². The molecule has 4 rings (SSSR count). The Bertz CT molecular complexity index is 978. The SMILES string of the molecule is C=CCN1c2ncnc(Sc3ccccc3)c2CN(C)C1c1ccc(OC)cc1. The number of fused-ring (bicyclic) bond motifs is 1. The summed E-state index contributed by atoms with van der Waals surface area (Å²) in [6, 6.07) is 18.6. The van der Waals surface area contributed by atoms with Gasteiger partial charge in [-0.1, -0.05) is 48.2 Å². The standard InChI is InChI=1S/C23H24N4OS/c1-4-14-27-21-20(22(25-16-24-21)29-19-8-6-5-7-9-19)15-26(2)23(27)17-10-12-18(28-3)13-11-17/h4-13,16,23H,1,14-15H2,2-3H3. The van der Waals surface area contributed by atoms with E-state index in [2.05, 4.69) is 57.7 Å². The maximum atomic E-state index is 5.32. The topological polar surface area (TPSA) is 41.5 Å². The van der Waals surface area contributed by atoms with E-state index in [9.17, 15) is 0 Å². The predicted octanol–water partition coefficient (Wildman–Crippen LogP) is 4.77. The van der Waals surface area contributed by atoms with Gasteiger partial charge >= 0.3 is 0 Å². The van der Waals surface area contributed by atoms with E-state index in [1.807, 2.05) is 36.4 Å². The zero-order chi connectivity index (χ0) is 20.2. The number of methoxy groups -OCH3 is 1. The van der Waals surface area contributed by atoms with Gasteiger partial charge in [0.2, 0.25) is 0 Å². The minimum absolute atomic E-state index is 0.0656. The van der Waals surface area contributed by atoms with E-state index in [4.69, 9.17) is 4.74 Å². The van der Waals surface area contributed by atoms with Gasteiger partial charge in [0.1, 0.15) is 29.1 Å². The number of anilines is 1. The van der Waals surface area contributed by atoms with Crippen molar-refractivity contribution in [2.75, 3.05) is 25.6 Å². The maximum absolute atomic E-state index is 5.32. The van der Waals surface area contributed by atoms with Crippen LogP contribution < -0.4 is 9.64 Å². The lowest BCUT2D eigenvalue weighted by atomic mass is 10.1. The summed E-state index contributed by atoms with van der Waals surface area (Å²) >= 11 is 1.68. The van der Waals surface area contributed by atoms with Crippen LogP contribution in [0.2, 0.25) is 0 Å². The van der Waals surface area contributed by atoms with Gasteiger partial charge in [0.05, 0.1) is 7.11 Å². The normalized spacial score (nSPS) is 16.3. The van der Waals surface area contributed by atoms with E-state index >= 15 is 0 Å². The van der Waals surface area contributed by atoms with Crippen molar-refractivity contribution in [3.05, 3.63) is 84.7 Å². The molecule has 0 bridgehead atoms. The van der Waals surface area contributed by atoms with Crippen molar-refractivity contribution in [1.82, 2.24) is 14.9 Å². The zero-order valence-corrected chi connectivity index (χ0v) is 17.5. The molecular weight excluding hydrogens is 380 g/mol. The fraction of sp³-hybridized carbons (Fsp3) is 0.217. The zero-order valence-electron chi connectivity index (χ0n) is 16.7. The van der Waals surface area contributed by atoms with Crippen molar-refractivity contribution in [2.24, 2.45) is 0 Å². The van der Waals surface area contributed by atoms with Crippen LogP contribution in [-0.2, 0) is 6.54 Å². The first-order valence-corrected chi connectivity index (χ1v) is 10.3. The highest BCUT2D eigenvalue weighted by atomic mass is 32.2. The summed E-state index contributed by atoms with van der Waals surface area (Å²) in [4.78, 5) is 15.0. The summed E-state index contributed by atoms with van der Waals surface area (Å²) in [5, 5.41) is 0.996. The Hall–Kier alpha value is -2.83. The molecule has 3 aromatic rings. The minimum atomic E-state index is 0.0656. The molecule has 1 atom stereocenters. The van der Waals surface area contributed by atoms with Gasteiger partial charge in [0.15, 0.2) is 0 Å². The van der Waals surface area contributed by atoms with Crippen LogP contribution in [0.3, 0.4) is 0 Å². The molecule has 2 aromatic carbocycles. The summed E-state index contributed by atoms with van der Waals surface area (Å²) in [7, 11) is 3.82. The van der Waals surface area contributed by atoms with Crippen LogP contribution in [0.25, 0.3) is 0 Å². The van der Waals surface area contributed by atoms with Gasteiger partial charge in [-0.2, -0.15) is 0 Å².